The first-order valence-electron chi connectivity index (χ1n) is 5.13. The van der Waals surface area contributed by atoms with Crippen molar-refractivity contribution in [3.8, 4) is 0 Å². The Morgan fingerprint density at radius 3 is 2.94 bits per heavy atom. The van der Waals surface area contributed by atoms with E-state index in [0.717, 1.165) is 15.6 Å². The Kier molecular flexibility index (Phi) is 3.28. The predicted molar refractivity (Wildman–Crippen MR) is 70.9 cm³/mol. The van der Waals surface area contributed by atoms with Crippen LogP contribution in [-0.4, -0.2) is 9.55 Å². The van der Waals surface area contributed by atoms with Crippen molar-refractivity contribution in [3.63, 3.8) is 0 Å². The van der Waals surface area contributed by atoms with Gasteiger partial charge >= 0.3 is 5.69 Å². The summed E-state index contributed by atoms with van der Waals surface area (Å²) in [7, 11) is 0. The van der Waals surface area contributed by atoms with Gasteiger partial charge in [0.25, 0.3) is 0 Å². The molecule has 0 amide bonds. The standard InChI is InChI=1S/C12H12BrN3O/c1-8-5-15-12(17)16(6-8)7-9-2-3-10(14)4-11(9)13/h2-6H,7,14H2,1H3. The summed E-state index contributed by atoms with van der Waals surface area (Å²) in [6.07, 6.45) is 3.36. The second kappa shape index (κ2) is 4.71. The number of hydrogen-bond donors (Lipinski definition) is 1. The van der Waals surface area contributed by atoms with Gasteiger partial charge in [-0.2, -0.15) is 0 Å². The van der Waals surface area contributed by atoms with E-state index in [-0.39, 0.29) is 5.69 Å². The lowest BCUT2D eigenvalue weighted by Gasteiger charge is -2.08. The zero-order valence-electron chi connectivity index (χ0n) is 9.35. The fourth-order valence-electron chi connectivity index (χ4n) is 1.55. The Morgan fingerprint density at radius 1 is 1.47 bits per heavy atom. The Hall–Kier alpha value is -1.62. The molecule has 4 nitrogen and oxygen atoms in total. The van der Waals surface area contributed by atoms with Gasteiger partial charge in [-0.3, -0.25) is 4.57 Å². The monoisotopic (exact) mass is 293 g/mol. The summed E-state index contributed by atoms with van der Waals surface area (Å²) in [4.78, 5) is 15.4. The zero-order valence-corrected chi connectivity index (χ0v) is 10.9. The van der Waals surface area contributed by atoms with E-state index in [9.17, 15) is 4.79 Å². The number of nitrogens with two attached hydrogens (primary N) is 1. The topological polar surface area (TPSA) is 60.9 Å². The number of hydrogen-bond acceptors (Lipinski definition) is 3. The highest BCUT2D eigenvalue weighted by atomic mass is 79.9. The summed E-state index contributed by atoms with van der Waals surface area (Å²) in [6.45, 7) is 2.38. The SMILES string of the molecule is Cc1cnc(=O)n(Cc2ccc(N)cc2Br)c1. The average molecular weight is 294 g/mol. The Morgan fingerprint density at radius 2 is 2.24 bits per heavy atom. The summed E-state index contributed by atoms with van der Waals surface area (Å²) >= 11 is 3.43. The van der Waals surface area contributed by atoms with Crippen molar-refractivity contribution < 1.29 is 0 Å². The summed E-state index contributed by atoms with van der Waals surface area (Å²) in [5.74, 6) is 0. The lowest BCUT2D eigenvalue weighted by atomic mass is 10.2. The second-order valence-electron chi connectivity index (χ2n) is 3.89. The van der Waals surface area contributed by atoms with Crippen LogP contribution in [0.4, 0.5) is 5.69 Å². The van der Waals surface area contributed by atoms with Crippen LogP contribution in [0.1, 0.15) is 11.1 Å². The van der Waals surface area contributed by atoms with Crippen molar-refractivity contribution in [2.75, 3.05) is 5.73 Å². The van der Waals surface area contributed by atoms with Gasteiger partial charge in [-0.15, -0.1) is 0 Å². The smallest absolute Gasteiger partial charge is 0.347 e. The highest BCUT2D eigenvalue weighted by Gasteiger charge is 2.03. The third-order valence-electron chi connectivity index (χ3n) is 2.40. The van der Waals surface area contributed by atoms with Gasteiger partial charge in [-0.05, 0) is 30.2 Å². The third-order valence-corrected chi connectivity index (χ3v) is 3.14. The molecule has 0 fully saturated rings. The van der Waals surface area contributed by atoms with E-state index >= 15 is 0 Å². The molecule has 0 saturated carbocycles. The molecule has 0 unspecified atom stereocenters. The first kappa shape index (κ1) is 11.9. The van der Waals surface area contributed by atoms with Crippen LogP contribution in [-0.2, 0) is 6.54 Å². The minimum Gasteiger partial charge on any atom is -0.399 e. The molecule has 2 N–H and O–H groups in total. The molecule has 1 aromatic carbocycles. The molecule has 5 heteroatoms. The predicted octanol–water partition coefficient (Wildman–Crippen LogP) is 1.94. The number of aryl methyl sites for hydroxylation is 1. The fourth-order valence-corrected chi connectivity index (χ4v) is 2.08. The third kappa shape index (κ3) is 2.74. The van der Waals surface area contributed by atoms with Gasteiger partial charge in [0.2, 0.25) is 0 Å². The van der Waals surface area contributed by atoms with Crippen molar-refractivity contribution in [2.24, 2.45) is 0 Å². The Balaban J connectivity index is 2.38. The molecular formula is C12H12BrN3O. The molecule has 0 aliphatic heterocycles. The van der Waals surface area contributed by atoms with Crippen molar-refractivity contribution in [1.82, 2.24) is 9.55 Å². The van der Waals surface area contributed by atoms with E-state index in [1.807, 2.05) is 25.1 Å². The van der Waals surface area contributed by atoms with Crippen LogP contribution in [0.3, 0.4) is 0 Å². The maximum Gasteiger partial charge on any atom is 0.347 e. The highest BCUT2D eigenvalue weighted by Crippen LogP contribution is 2.20. The maximum atomic E-state index is 11.6. The molecule has 2 rings (SSSR count). The van der Waals surface area contributed by atoms with Crippen LogP contribution in [0.15, 0.2) is 39.9 Å². The molecule has 1 aromatic heterocycles. The highest BCUT2D eigenvalue weighted by molar-refractivity contribution is 9.10. The maximum absolute atomic E-state index is 11.6. The number of nitrogens with zero attached hydrogens (tertiary/aromatic N) is 2. The molecule has 0 spiro atoms. The van der Waals surface area contributed by atoms with Gasteiger partial charge in [0.15, 0.2) is 0 Å². The van der Waals surface area contributed by atoms with Crippen LogP contribution >= 0.6 is 15.9 Å². The summed E-state index contributed by atoms with van der Waals surface area (Å²) in [6, 6.07) is 5.53. The molecule has 1 heterocycles. The summed E-state index contributed by atoms with van der Waals surface area (Å²) in [5.41, 5.74) is 8.05. The first-order chi connectivity index (χ1) is 8.06. The average Bonchev–Trinajstić information content (AvgIpc) is 2.27. The van der Waals surface area contributed by atoms with Crippen LogP contribution in [0.25, 0.3) is 0 Å². The molecule has 0 radical (unpaired) electrons. The van der Waals surface area contributed by atoms with Crippen molar-refractivity contribution in [2.45, 2.75) is 13.5 Å². The molecule has 0 saturated heterocycles. The molecular weight excluding hydrogens is 282 g/mol. The van der Waals surface area contributed by atoms with Crippen LogP contribution in [0, 0.1) is 6.92 Å². The zero-order chi connectivity index (χ0) is 12.4. The molecule has 0 aliphatic carbocycles. The van der Waals surface area contributed by atoms with Gasteiger partial charge in [0, 0.05) is 22.6 Å². The molecule has 2 aromatic rings. The van der Waals surface area contributed by atoms with Crippen LogP contribution < -0.4 is 11.4 Å². The van der Waals surface area contributed by atoms with Crippen LogP contribution in [0.2, 0.25) is 0 Å². The summed E-state index contributed by atoms with van der Waals surface area (Å²) < 4.78 is 2.47. The van der Waals surface area contributed by atoms with E-state index in [0.29, 0.717) is 12.2 Å². The lowest BCUT2D eigenvalue weighted by molar-refractivity contribution is 0.719. The van der Waals surface area contributed by atoms with Gasteiger partial charge in [0.1, 0.15) is 0 Å². The number of benzene rings is 1. The number of aromatic nitrogens is 2. The molecule has 0 atom stereocenters. The van der Waals surface area contributed by atoms with Gasteiger partial charge < -0.3 is 5.73 Å². The van der Waals surface area contributed by atoms with Crippen LogP contribution in [0.5, 0.6) is 0 Å². The molecule has 17 heavy (non-hydrogen) atoms. The molecule has 0 bridgehead atoms. The quantitative estimate of drug-likeness (QED) is 0.861. The van der Waals surface area contributed by atoms with Gasteiger partial charge in [0.05, 0.1) is 6.54 Å². The van der Waals surface area contributed by atoms with E-state index in [1.165, 1.54) is 0 Å². The fraction of sp³-hybridized carbons (Fsp3) is 0.167. The summed E-state index contributed by atoms with van der Waals surface area (Å²) in [5, 5.41) is 0. The van der Waals surface area contributed by atoms with E-state index in [2.05, 4.69) is 20.9 Å². The normalized spacial score (nSPS) is 10.5. The largest absolute Gasteiger partial charge is 0.399 e. The van der Waals surface area contributed by atoms with E-state index in [4.69, 9.17) is 5.73 Å². The number of anilines is 1. The minimum atomic E-state index is -0.251. The van der Waals surface area contributed by atoms with Crippen molar-refractivity contribution in [1.29, 1.82) is 0 Å². The Labute approximate surface area is 107 Å². The first-order valence-corrected chi connectivity index (χ1v) is 5.92. The van der Waals surface area contributed by atoms with Gasteiger partial charge in [-0.1, -0.05) is 22.0 Å². The van der Waals surface area contributed by atoms with E-state index < -0.39 is 0 Å². The van der Waals surface area contributed by atoms with Gasteiger partial charge in [-0.25, -0.2) is 9.78 Å². The second-order valence-corrected chi connectivity index (χ2v) is 4.75. The Bertz CT molecular complexity index is 607. The van der Waals surface area contributed by atoms with E-state index in [1.54, 1.807) is 17.0 Å². The minimum absolute atomic E-state index is 0.251. The number of nitrogen functional groups attached to an aromatic ring is 1. The van der Waals surface area contributed by atoms with Crippen molar-refractivity contribution >= 4 is 21.6 Å². The van der Waals surface area contributed by atoms with Crippen molar-refractivity contribution in [3.05, 3.63) is 56.7 Å². The molecule has 88 valence electrons. The number of rotatable bonds is 2. The lowest BCUT2D eigenvalue weighted by Crippen LogP contribution is -2.23. The number of halogens is 1. The molecule has 0 aliphatic rings.